The molecule has 1 unspecified atom stereocenters. The first kappa shape index (κ1) is 15.4. The molecule has 0 aliphatic carbocycles. The summed E-state index contributed by atoms with van der Waals surface area (Å²) in [6.07, 6.45) is 0. The molecule has 1 amide bonds. The van der Waals surface area contributed by atoms with E-state index in [1.165, 1.54) is 0 Å². The number of rotatable bonds is 7. The molecule has 0 radical (unpaired) electrons. The highest BCUT2D eigenvalue weighted by Gasteiger charge is 2.14. The number of nitrogens with two attached hydrogens (primary N) is 1. The molecular weight excluding hydrogens is 240 g/mol. The number of nitrogens with one attached hydrogen (secondary N) is 1. The highest BCUT2D eigenvalue weighted by molar-refractivity contribution is 5.82. The Bertz CT molecular complexity index is 426. The van der Waals surface area contributed by atoms with Crippen molar-refractivity contribution in [2.24, 2.45) is 5.73 Å². The molecule has 4 heteroatoms. The summed E-state index contributed by atoms with van der Waals surface area (Å²) in [5.41, 5.74) is 8.80. The maximum absolute atomic E-state index is 11.8. The van der Waals surface area contributed by atoms with Crippen molar-refractivity contribution in [2.45, 2.75) is 19.9 Å². The van der Waals surface area contributed by atoms with Crippen molar-refractivity contribution in [3.05, 3.63) is 47.5 Å². The Hall–Kier alpha value is -1.65. The van der Waals surface area contributed by atoms with Gasteiger partial charge in [0.1, 0.15) is 6.04 Å². The van der Waals surface area contributed by atoms with E-state index < -0.39 is 6.04 Å². The molecule has 1 aromatic carbocycles. The Morgan fingerprint density at radius 2 is 2.05 bits per heavy atom. The summed E-state index contributed by atoms with van der Waals surface area (Å²) in [5.74, 6) is -0.192. The lowest BCUT2D eigenvalue weighted by Crippen LogP contribution is -2.36. The van der Waals surface area contributed by atoms with Gasteiger partial charge in [0.15, 0.2) is 0 Å². The lowest BCUT2D eigenvalue weighted by Gasteiger charge is -2.13. The van der Waals surface area contributed by atoms with Crippen molar-refractivity contribution in [1.29, 1.82) is 0 Å². The summed E-state index contributed by atoms with van der Waals surface area (Å²) >= 11 is 0. The molecule has 104 valence electrons. The second-order valence-corrected chi connectivity index (χ2v) is 4.69. The minimum absolute atomic E-state index is 0.192. The molecule has 1 aromatic rings. The van der Waals surface area contributed by atoms with Crippen LogP contribution in [-0.4, -0.2) is 25.7 Å². The fraction of sp³-hybridized carbons (Fsp3) is 0.400. The van der Waals surface area contributed by atoms with Gasteiger partial charge in [-0.25, -0.2) is 0 Å². The molecular formula is C15H22N2O2. The van der Waals surface area contributed by atoms with Crippen molar-refractivity contribution in [3.63, 3.8) is 0 Å². The number of benzene rings is 1. The van der Waals surface area contributed by atoms with Crippen LogP contribution in [-0.2, 0) is 9.53 Å². The Morgan fingerprint density at radius 3 is 2.63 bits per heavy atom. The Kier molecular flexibility index (Phi) is 6.25. The summed E-state index contributed by atoms with van der Waals surface area (Å²) in [5, 5.41) is 2.75. The van der Waals surface area contributed by atoms with Gasteiger partial charge in [-0.3, -0.25) is 4.79 Å². The standard InChI is InChI=1S/C15H22N2O2/c1-11(2)10-19-9-8-17-15(18)14(16)13-6-4-12(3)5-7-13/h4-7,14H,1,8-10,16H2,2-3H3,(H,17,18). The third-order valence-electron chi connectivity index (χ3n) is 2.61. The second kappa shape index (κ2) is 7.71. The largest absolute Gasteiger partial charge is 0.375 e. The molecule has 0 bridgehead atoms. The van der Waals surface area contributed by atoms with Crippen LogP contribution in [0.25, 0.3) is 0 Å². The predicted molar refractivity (Wildman–Crippen MR) is 76.8 cm³/mol. The van der Waals surface area contributed by atoms with Crippen LogP contribution in [0.1, 0.15) is 24.1 Å². The number of hydrogen-bond acceptors (Lipinski definition) is 3. The molecule has 3 N–H and O–H groups in total. The topological polar surface area (TPSA) is 64.3 Å². The van der Waals surface area contributed by atoms with E-state index >= 15 is 0 Å². The second-order valence-electron chi connectivity index (χ2n) is 4.69. The van der Waals surface area contributed by atoms with Crippen LogP contribution in [0.2, 0.25) is 0 Å². The average Bonchev–Trinajstić information content (AvgIpc) is 2.37. The van der Waals surface area contributed by atoms with Gasteiger partial charge in [-0.05, 0) is 19.4 Å². The number of hydrogen-bond donors (Lipinski definition) is 2. The number of carbonyl (C=O) groups excluding carboxylic acids is 1. The van der Waals surface area contributed by atoms with Crippen LogP contribution in [0.4, 0.5) is 0 Å². The molecule has 0 fully saturated rings. The zero-order valence-corrected chi connectivity index (χ0v) is 11.6. The van der Waals surface area contributed by atoms with Gasteiger partial charge in [0.25, 0.3) is 0 Å². The monoisotopic (exact) mass is 262 g/mol. The zero-order chi connectivity index (χ0) is 14.3. The number of amides is 1. The molecule has 0 aromatic heterocycles. The highest BCUT2D eigenvalue weighted by atomic mass is 16.5. The fourth-order valence-electron chi connectivity index (χ4n) is 1.53. The van der Waals surface area contributed by atoms with E-state index in [0.717, 1.165) is 16.7 Å². The smallest absolute Gasteiger partial charge is 0.241 e. The van der Waals surface area contributed by atoms with E-state index in [0.29, 0.717) is 19.8 Å². The van der Waals surface area contributed by atoms with Gasteiger partial charge in [-0.1, -0.05) is 42.0 Å². The van der Waals surface area contributed by atoms with Crippen molar-refractivity contribution in [3.8, 4) is 0 Å². The van der Waals surface area contributed by atoms with Gasteiger partial charge in [0.2, 0.25) is 5.91 Å². The lowest BCUT2D eigenvalue weighted by atomic mass is 10.1. The maximum Gasteiger partial charge on any atom is 0.241 e. The normalized spacial score (nSPS) is 11.9. The molecule has 0 heterocycles. The van der Waals surface area contributed by atoms with E-state index in [9.17, 15) is 4.79 Å². The Balaban J connectivity index is 2.32. The maximum atomic E-state index is 11.8. The summed E-state index contributed by atoms with van der Waals surface area (Å²) in [4.78, 5) is 11.8. The van der Waals surface area contributed by atoms with E-state index in [1.807, 2.05) is 38.1 Å². The molecule has 0 spiro atoms. The van der Waals surface area contributed by atoms with Crippen LogP contribution in [0.3, 0.4) is 0 Å². The number of ether oxygens (including phenoxy) is 1. The minimum atomic E-state index is -0.637. The molecule has 1 atom stereocenters. The van der Waals surface area contributed by atoms with E-state index in [4.69, 9.17) is 10.5 Å². The first-order valence-electron chi connectivity index (χ1n) is 6.32. The van der Waals surface area contributed by atoms with E-state index in [1.54, 1.807) is 0 Å². The summed E-state index contributed by atoms with van der Waals surface area (Å²) in [6, 6.07) is 6.99. The van der Waals surface area contributed by atoms with E-state index in [-0.39, 0.29) is 5.91 Å². The highest BCUT2D eigenvalue weighted by Crippen LogP contribution is 2.11. The molecule has 0 saturated carbocycles. The Labute approximate surface area is 114 Å². The van der Waals surface area contributed by atoms with Crippen molar-refractivity contribution >= 4 is 5.91 Å². The van der Waals surface area contributed by atoms with Gasteiger partial charge in [0.05, 0.1) is 13.2 Å². The van der Waals surface area contributed by atoms with Gasteiger partial charge in [0, 0.05) is 6.54 Å². The van der Waals surface area contributed by atoms with Crippen molar-refractivity contribution in [2.75, 3.05) is 19.8 Å². The van der Waals surface area contributed by atoms with Gasteiger partial charge >= 0.3 is 0 Å². The van der Waals surface area contributed by atoms with Gasteiger partial charge < -0.3 is 15.8 Å². The molecule has 1 rings (SSSR count). The first-order valence-corrected chi connectivity index (χ1v) is 6.32. The van der Waals surface area contributed by atoms with Gasteiger partial charge in [-0.15, -0.1) is 0 Å². The zero-order valence-electron chi connectivity index (χ0n) is 11.6. The molecule has 0 saturated heterocycles. The SMILES string of the molecule is C=C(C)COCCNC(=O)C(N)c1ccc(C)cc1. The summed E-state index contributed by atoms with van der Waals surface area (Å²) in [6.45, 7) is 9.04. The van der Waals surface area contributed by atoms with Crippen molar-refractivity contribution in [1.82, 2.24) is 5.32 Å². The fourth-order valence-corrected chi connectivity index (χ4v) is 1.53. The third kappa shape index (κ3) is 5.68. The van der Waals surface area contributed by atoms with E-state index in [2.05, 4.69) is 11.9 Å². The minimum Gasteiger partial charge on any atom is -0.375 e. The average molecular weight is 262 g/mol. The van der Waals surface area contributed by atoms with Crippen LogP contribution in [0, 0.1) is 6.92 Å². The summed E-state index contributed by atoms with van der Waals surface area (Å²) < 4.78 is 5.29. The first-order chi connectivity index (χ1) is 9.00. The number of carbonyl (C=O) groups is 1. The number of aryl methyl sites for hydroxylation is 1. The lowest BCUT2D eigenvalue weighted by molar-refractivity contribution is -0.122. The van der Waals surface area contributed by atoms with Crippen LogP contribution in [0.15, 0.2) is 36.4 Å². The van der Waals surface area contributed by atoms with Crippen LogP contribution in [0.5, 0.6) is 0 Å². The molecule has 0 aliphatic heterocycles. The Morgan fingerprint density at radius 1 is 1.42 bits per heavy atom. The quantitative estimate of drug-likeness (QED) is 0.580. The third-order valence-corrected chi connectivity index (χ3v) is 2.61. The van der Waals surface area contributed by atoms with Crippen molar-refractivity contribution < 1.29 is 9.53 Å². The molecule has 4 nitrogen and oxygen atoms in total. The summed E-state index contributed by atoms with van der Waals surface area (Å²) in [7, 11) is 0. The van der Waals surface area contributed by atoms with Gasteiger partial charge in [-0.2, -0.15) is 0 Å². The predicted octanol–water partition coefficient (Wildman–Crippen LogP) is 1.70. The van der Waals surface area contributed by atoms with Crippen LogP contribution < -0.4 is 11.1 Å². The van der Waals surface area contributed by atoms with Crippen LogP contribution >= 0.6 is 0 Å². The molecule has 19 heavy (non-hydrogen) atoms. The molecule has 0 aliphatic rings.